The monoisotopic (exact) mass is 494 g/mol. The molecule has 0 bridgehead atoms. The van der Waals surface area contributed by atoms with Crippen molar-refractivity contribution >= 4 is 17.5 Å². The maximum Gasteiger partial charge on any atom is 0.252 e. The lowest BCUT2D eigenvalue weighted by Gasteiger charge is -2.32. The minimum absolute atomic E-state index is 0.203. The van der Waals surface area contributed by atoms with Gasteiger partial charge in [-0.1, -0.05) is 23.7 Å². The maximum atomic E-state index is 13.4. The summed E-state index contributed by atoms with van der Waals surface area (Å²) in [4.78, 5) is 17.7. The van der Waals surface area contributed by atoms with Crippen LogP contribution in [0.3, 0.4) is 0 Å². The number of pyridine rings is 1. The molecule has 4 N–H and O–H groups in total. The Morgan fingerprint density at radius 3 is 2.63 bits per heavy atom. The standard InChI is InChI=1S/C26H24ClFN4O3/c1-26(35,15-33)23(13-18-5-2-3-12-29-18)30-25(34)19-6-4-7-20(27)24(19)22-14-21(31-32-22)16-8-10-17(28)11-9-16/h2-12,14,23,33,35H,13,15H2,1H3,(H,30,34)(H,31,32)/t23-,26+/m1/s1. The summed E-state index contributed by atoms with van der Waals surface area (Å²) in [5.74, 6) is -0.844. The lowest BCUT2D eigenvalue weighted by molar-refractivity contribution is -0.0277. The third-order valence-corrected chi connectivity index (χ3v) is 6.08. The Morgan fingerprint density at radius 2 is 1.94 bits per heavy atom. The fraction of sp³-hybridized carbons (Fsp3) is 0.192. The van der Waals surface area contributed by atoms with Gasteiger partial charge in [0.15, 0.2) is 0 Å². The number of aromatic nitrogens is 3. The van der Waals surface area contributed by atoms with Crippen LogP contribution in [0.15, 0.2) is 72.9 Å². The van der Waals surface area contributed by atoms with E-state index in [2.05, 4.69) is 20.5 Å². The third kappa shape index (κ3) is 5.57. The number of aliphatic hydroxyl groups is 2. The second-order valence-electron chi connectivity index (χ2n) is 8.40. The van der Waals surface area contributed by atoms with Gasteiger partial charge in [0.2, 0.25) is 0 Å². The molecule has 1 amide bonds. The number of halogens is 2. The number of aromatic amines is 1. The molecule has 0 radical (unpaired) electrons. The first kappa shape index (κ1) is 24.5. The van der Waals surface area contributed by atoms with Crippen LogP contribution in [0.25, 0.3) is 22.5 Å². The van der Waals surface area contributed by atoms with E-state index in [1.165, 1.54) is 19.1 Å². The first-order valence-electron chi connectivity index (χ1n) is 10.9. The average Bonchev–Trinajstić information content (AvgIpc) is 3.34. The second-order valence-corrected chi connectivity index (χ2v) is 8.81. The molecule has 2 atom stereocenters. The summed E-state index contributed by atoms with van der Waals surface area (Å²) < 4.78 is 13.3. The molecule has 0 aliphatic carbocycles. The van der Waals surface area contributed by atoms with Gasteiger partial charge in [0, 0.05) is 29.4 Å². The molecule has 0 aliphatic heterocycles. The van der Waals surface area contributed by atoms with Crippen LogP contribution in [-0.4, -0.2) is 49.6 Å². The average molecular weight is 495 g/mol. The molecule has 0 unspecified atom stereocenters. The van der Waals surface area contributed by atoms with E-state index >= 15 is 0 Å². The zero-order chi connectivity index (χ0) is 25.0. The topological polar surface area (TPSA) is 111 Å². The van der Waals surface area contributed by atoms with E-state index in [0.717, 1.165) is 0 Å². The molecule has 35 heavy (non-hydrogen) atoms. The quantitative estimate of drug-likeness (QED) is 0.296. The summed E-state index contributed by atoms with van der Waals surface area (Å²) >= 11 is 6.49. The number of hydrogen-bond acceptors (Lipinski definition) is 5. The van der Waals surface area contributed by atoms with Crippen molar-refractivity contribution < 1.29 is 19.4 Å². The van der Waals surface area contributed by atoms with Crippen LogP contribution in [-0.2, 0) is 6.42 Å². The molecule has 0 saturated heterocycles. The predicted molar refractivity (Wildman–Crippen MR) is 131 cm³/mol. The van der Waals surface area contributed by atoms with Crippen LogP contribution >= 0.6 is 11.6 Å². The number of nitrogens with one attached hydrogen (secondary N) is 2. The molecule has 0 aliphatic rings. The van der Waals surface area contributed by atoms with Crippen LogP contribution in [0, 0.1) is 5.82 Å². The van der Waals surface area contributed by atoms with Gasteiger partial charge in [0.05, 0.1) is 34.6 Å². The summed E-state index contributed by atoms with van der Waals surface area (Å²) in [7, 11) is 0. The summed E-state index contributed by atoms with van der Waals surface area (Å²) in [5, 5.41) is 30.9. The molecule has 4 rings (SSSR count). The minimum Gasteiger partial charge on any atom is -0.393 e. The van der Waals surface area contributed by atoms with Gasteiger partial charge in [-0.15, -0.1) is 0 Å². The van der Waals surface area contributed by atoms with Gasteiger partial charge in [0.1, 0.15) is 11.4 Å². The first-order chi connectivity index (χ1) is 16.8. The fourth-order valence-corrected chi connectivity index (χ4v) is 3.98. The number of amides is 1. The highest BCUT2D eigenvalue weighted by atomic mass is 35.5. The van der Waals surface area contributed by atoms with Crippen molar-refractivity contribution in [1.29, 1.82) is 0 Å². The molecule has 2 heterocycles. The van der Waals surface area contributed by atoms with Crippen molar-refractivity contribution in [2.24, 2.45) is 0 Å². The van der Waals surface area contributed by atoms with Crippen molar-refractivity contribution in [3.8, 4) is 22.5 Å². The first-order valence-corrected chi connectivity index (χ1v) is 11.3. The van der Waals surface area contributed by atoms with E-state index in [0.29, 0.717) is 33.2 Å². The van der Waals surface area contributed by atoms with Gasteiger partial charge >= 0.3 is 0 Å². The smallest absolute Gasteiger partial charge is 0.252 e. The Bertz CT molecular complexity index is 1310. The Morgan fingerprint density at radius 1 is 1.17 bits per heavy atom. The molecule has 0 saturated carbocycles. The van der Waals surface area contributed by atoms with Crippen LogP contribution in [0.2, 0.25) is 5.02 Å². The highest BCUT2D eigenvalue weighted by Gasteiger charge is 2.34. The number of aliphatic hydroxyl groups excluding tert-OH is 1. The van der Waals surface area contributed by atoms with Crippen molar-refractivity contribution in [3.63, 3.8) is 0 Å². The zero-order valence-corrected chi connectivity index (χ0v) is 19.6. The maximum absolute atomic E-state index is 13.4. The summed E-state index contributed by atoms with van der Waals surface area (Å²) in [6, 6.07) is 17.0. The lowest BCUT2D eigenvalue weighted by Crippen LogP contribution is -2.54. The molecule has 7 nitrogen and oxygen atoms in total. The van der Waals surface area contributed by atoms with Crippen molar-refractivity contribution in [2.45, 2.75) is 25.0 Å². The summed E-state index contributed by atoms with van der Waals surface area (Å²) in [5.41, 5.74) is 1.48. The largest absolute Gasteiger partial charge is 0.393 e. The van der Waals surface area contributed by atoms with Crippen molar-refractivity contribution in [1.82, 2.24) is 20.5 Å². The van der Waals surface area contributed by atoms with Crippen molar-refractivity contribution in [2.75, 3.05) is 6.61 Å². The van der Waals surface area contributed by atoms with Gasteiger partial charge in [-0.2, -0.15) is 5.10 Å². The Kier molecular flexibility index (Phi) is 7.25. The number of rotatable bonds is 8. The zero-order valence-electron chi connectivity index (χ0n) is 18.9. The minimum atomic E-state index is -1.60. The molecule has 180 valence electrons. The third-order valence-electron chi connectivity index (χ3n) is 5.76. The molecular formula is C26H24ClFN4O3. The number of carbonyl (C=O) groups is 1. The Balaban J connectivity index is 1.66. The molecule has 2 aromatic heterocycles. The van der Waals surface area contributed by atoms with Gasteiger partial charge in [-0.05, 0) is 61.5 Å². The normalized spacial score (nSPS) is 13.7. The molecule has 0 spiro atoms. The Hall–Kier alpha value is -3.59. The van der Waals surface area contributed by atoms with E-state index in [9.17, 15) is 19.4 Å². The number of carbonyl (C=O) groups excluding carboxylic acids is 1. The van der Waals surface area contributed by atoms with Crippen LogP contribution in [0.4, 0.5) is 4.39 Å². The van der Waals surface area contributed by atoms with E-state index in [4.69, 9.17) is 11.6 Å². The molecule has 0 fully saturated rings. The highest BCUT2D eigenvalue weighted by Crippen LogP contribution is 2.33. The fourth-order valence-electron chi connectivity index (χ4n) is 3.71. The van der Waals surface area contributed by atoms with E-state index in [1.54, 1.807) is 60.8 Å². The predicted octanol–water partition coefficient (Wildman–Crippen LogP) is 4.02. The second kappa shape index (κ2) is 10.4. The van der Waals surface area contributed by atoms with Crippen molar-refractivity contribution in [3.05, 3.63) is 95.0 Å². The van der Waals surface area contributed by atoms with Crippen LogP contribution in [0.5, 0.6) is 0 Å². The summed E-state index contributed by atoms with van der Waals surface area (Å²) in [6.07, 6.45) is 1.82. The lowest BCUT2D eigenvalue weighted by atomic mass is 9.92. The SMILES string of the molecule is C[C@](O)(CO)[C@@H](Cc1ccccn1)NC(=O)c1cccc(Cl)c1-c1cc(-c2ccc(F)cc2)n[nH]1. The van der Waals surface area contributed by atoms with E-state index < -0.39 is 24.2 Å². The van der Waals surface area contributed by atoms with Crippen LogP contribution < -0.4 is 5.32 Å². The van der Waals surface area contributed by atoms with Gasteiger partial charge < -0.3 is 15.5 Å². The number of nitrogens with zero attached hydrogens (tertiary/aromatic N) is 2. The van der Waals surface area contributed by atoms with Gasteiger partial charge in [-0.3, -0.25) is 14.9 Å². The molecular weight excluding hydrogens is 471 g/mol. The Labute approximate surface area is 206 Å². The van der Waals surface area contributed by atoms with Gasteiger partial charge in [-0.25, -0.2) is 4.39 Å². The summed E-state index contributed by atoms with van der Waals surface area (Å²) in [6.45, 7) is 0.887. The van der Waals surface area contributed by atoms with Gasteiger partial charge in [0.25, 0.3) is 5.91 Å². The number of benzene rings is 2. The highest BCUT2D eigenvalue weighted by molar-refractivity contribution is 6.34. The number of H-pyrrole nitrogens is 1. The molecule has 2 aromatic carbocycles. The van der Waals surface area contributed by atoms with E-state index in [-0.39, 0.29) is 17.8 Å². The molecule has 9 heteroatoms. The van der Waals surface area contributed by atoms with E-state index in [1.807, 2.05) is 0 Å². The molecule has 4 aromatic rings. The number of hydrogen-bond donors (Lipinski definition) is 4. The van der Waals surface area contributed by atoms with Crippen LogP contribution in [0.1, 0.15) is 23.0 Å².